The molecule has 0 radical (unpaired) electrons. The molecule has 1 aliphatic heterocycles. The first-order chi connectivity index (χ1) is 17.2. The number of thiocarbonyl (C=S) groups is 1. The van der Waals surface area contributed by atoms with E-state index in [4.69, 9.17) is 28.2 Å². The molecule has 5 rings (SSSR count). The Hall–Kier alpha value is -3.40. The molecule has 4 aromatic rings. The monoisotopic (exact) mass is 538 g/mol. The van der Waals surface area contributed by atoms with Gasteiger partial charge < -0.3 is 14.6 Å². The van der Waals surface area contributed by atoms with Gasteiger partial charge in [-0.1, -0.05) is 23.7 Å². The molecule has 1 aliphatic rings. The normalized spacial score (nSPS) is 17.8. The van der Waals surface area contributed by atoms with E-state index < -0.39 is 10.0 Å². The van der Waals surface area contributed by atoms with Crippen LogP contribution in [0, 0.1) is 6.92 Å². The van der Waals surface area contributed by atoms with Crippen LogP contribution in [-0.4, -0.2) is 24.8 Å². The minimum absolute atomic E-state index is 0.271. The van der Waals surface area contributed by atoms with Crippen LogP contribution < -0.4 is 14.9 Å². The van der Waals surface area contributed by atoms with Crippen molar-refractivity contribution in [2.75, 3.05) is 15.9 Å². The van der Waals surface area contributed by atoms with Gasteiger partial charge in [-0.15, -0.1) is 0 Å². The molecule has 2 N–H and O–H groups in total. The summed E-state index contributed by atoms with van der Waals surface area (Å²) in [5, 5.41) is 4.53. The molecule has 7 nitrogen and oxygen atoms in total. The maximum Gasteiger partial charge on any atom is 0.229 e. The molecule has 184 valence electrons. The van der Waals surface area contributed by atoms with Crippen molar-refractivity contribution >= 4 is 50.3 Å². The lowest BCUT2D eigenvalue weighted by Gasteiger charge is -2.26. The second kappa shape index (κ2) is 9.57. The van der Waals surface area contributed by atoms with E-state index in [1.165, 1.54) is 0 Å². The third kappa shape index (κ3) is 4.95. The molecular formula is C26H23ClN4O3S2. The summed E-state index contributed by atoms with van der Waals surface area (Å²) in [6.45, 7) is 2.01. The van der Waals surface area contributed by atoms with E-state index in [0.717, 1.165) is 28.8 Å². The number of sulfonamides is 1. The predicted molar refractivity (Wildman–Crippen MR) is 147 cm³/mol. The van der Waals surface area contributed by atoms with E-state index in [1.807, 2.05) is 72.5 Å². The zero-order chi connectivity index (χ0) is 25.4. The smallest absolute Gasteiger partial charge is 0.229 e. The number of furan rings is 1. The fourth-order valence-electron chi connectivity index (χ4n) is 4.34. The van der Waals surface area contributed by atoms with Crippen LogP contribution in [0.25, 0.3) is 11.3 Å². The highest BCUT2D eigenvalue weighted by molar-refractivity contribution is 7.92. The van der Waals surface area contributed by atoms with Gasteiger partial charge in [0, 0.05) is 28.2 Å². The van der Waals surface area contributed by atoms with Crippen LogP contribution in [0.4, 0.5) is 11.4 Å². The van der Waals surface area contributed by atoms with Crippen molar-refractivity contribution in [3.8, 4) is 11.3 Å². The average molecular weight is 539 g/mol. The highest BCUT2D eigenvalue weighted by Crippen LogP contribution is 2.43. The van der Waals surface area contributed by atoms with E-state index in [9.17, 15) is 8.42 Å². The molecule has 0 aliphatic carbocycles. The van der Waals surface area contributed by atoms with Crippen molar-refractivity contribution in [2.24, 2.45) is 0 Å². The van der Waals surface area contributed by atoms with Gasteiger partial charge in [-0.2, -0.15) is 0 Å². The number of aryl methyl sites for hydroxylation is 1. The average Bonchev–Trinajstić information content (AvgIpc) is 3.45. The number of benzene rings is 2. The predicted octanol–water partition coefficient (Wildman–Crippen LogP) is 5.85. The van der Waals surface area contributed by atoms with Crippen LogP contribution >= 0.6 is 23.8 Å². The molecule has 2 unspecified atom stereocenters. The first-order valence-electron chi connectivity index (χ1n) is 11.1. The second-order valence-electron chi connectivity index (χ2n) is 8.58. The molecule has 36 heavy (non-hydrogen) atoms. The van der Waals surface area contributed by atoms with Gasteiger partial charge >= 0.3 is 0 Å². The van der Waals surface area contributed by atoms with Crippen LogP contribution in [0.15, 0.2) is 83.4 Å². The lowest BCUT2D eigenvalue weighted by Crippen LogP contribution is -2.29. The first-order valence-corrected chi connectivity index (χ1v) is 13.8. The van der Waals surface area contributed by atoms with Gasteiger partial charge in [0.25, 0.3) is 0 Å². The van der Waals surface area contributed by atoms with Crippen molar-refractivity contribution in [2.45, 2.75) is 19.0 Å². The Morgan fingerprint density at radius 2 is 1.86 bits per heavy atom. The van der Waals surface area contributed by atoms with Crippen LogP contribution in [-0.2, 0) is 10.0 Å². The number of pyridine rings is 1. The van der Waals surface area contributed by atoms with E-state index in [0.29, 0.717) is 27.3 Å². The van der Waals surface area contributed by atoms with Gasteiger partial charge in [0.1, 0.15) is 17.6 Å². The molecule has 0 saturated carbocycles. The van der Waals surface area contributed by atoms with Crippen molar-refractivity contribution < 1.29 is 12.8 Å². The maximum absolute atomic E-state index is 11.6. The Morgan fingerprint density at radius 1 is 1.08 bits per heavy atom. The largest absolute Gasteiger partial charge is 0.459 e. The Labute approximate surface area is 220 Å². The lowest BCUT2D eigenvalue weighted by molar-refractivity contribution is 0.439. The summed E-state index contributed by atoms with van der Waals surface area (Å²) in [5.41, 5.74) is 4.03. The molecule has 2 atom stereocenters. The number of hydrogen-bond acceptors (Lipinski definition) is 5. The van der Waals surface area contributed by atoms with Crippen LogP contribution in [0.5, 0.6) is 0 Å². The third-order valence-corrected chi connectivity index (χ3v) is 7.09. The van der Waals surface area contributed by atoms with Crippen molar-refractivity contribution in [1.82, 2.24) is 10.3 Å². The molecular weight excluding hydrogens is 516 g/mol. The number of aromatic nitrogens is 1. The minimum atomic E-state index is -3.38. The fraction of sp³-hybridized carbons (Fsp3) is 0.154. The topological polar surface area (TPSA) is 87.5 Å². The molecule has 10 heteroatoms. The van der Waals surface area contributed by atoms with E-state index in [1.54, 1.807) is 18.3 Å². The number of halogens is 1. The lowest BCUT2D eigenvalue weighted by atomic mass is 10.0. The van der Waals surface area contributed by atoms with Crippen molar-refractivity contribution in [1.29, 1.82) is 0 Å². The molecule has 2 aromatic heterocycles. The Morgan fingerprint density at radius 3 is 2.56 bits per heavy atom. The number of hydrogen-bond donors (Lipinski definition) is 2. The highest BCUT2D eigenvalue weighted by Gasteiger charge is 2.42. The summed E-state index contributed by atoms with van der Waals surface area (Å²) in [6, 6.07) is 21.7. The third-order valence-electron chi connectivity index (χ3n) is 5.93. The van der Waals surface area contributed by atoms with Gasteiger partial charge in [0.15, 0.2) is 5.11 Å². The fourth-order valence-corrected chi connectivity index (χ4v) is 5.42. The SMILES string of the molecule is Cc1ccc(Cl)cc1-c1ccc(C2C(c3ccccn3)NC(=S)N2c2ccc(NS(C)(=O)=O)cc2)o1. The zero-order valence-corrected chi connectivity index (χ0v) is 21.9. The van der Waals surface area contributed by atoms with Gasteiger partial charge in [0.2, 0.25) is 10.0 Å². The maximum atomic E-state index is 11.6. The summed E-state index contributed by atoms with van der Waals surface area (Å²) in [5.74, 6) is 1.40. The molecule has 0 amide bonds. The number of anilines is 2. The summed E-state index contributed by atoms with van der Waals surface area (Å²) < 4.78 is 32.1. The van der Waals surface area contributed by atoms with E-state index in [-0.39, 0.29) is 12.1 Å². The number of nitrogens with one attached hydrogen (secondary N) is 2. The zero-order valence-electron chi connectivity index (χ0n) is 19.5. The number of rotatable bonds is 6. The van der Waals surface area contributed by atoms with E-state index in [2.05, 4.69) is 15.0 Å². The Bertz CT molecular complexity index is 1520. The van der Waals surface area contributed by atoms with Gasteiger partial charge in [0.05, 0.1) is 18.0 Å². The van der Waals surface area contributed by atoms with Gasteiger partial charge in [-0.3, -0.25) is 9.71 Å². The van der Waals surface area contributed by atoms with Crippen LogP contribution in [0.2, 0.25) is 5.02 Å². The molecule has 0 spiro atoms. The molecule has 2 aromatic carbocycles. The molecule has 3 heterocycles. The van der Waals surface area contributed by atoms with Crippen LogP contribution in [0.3, 0.4) is 0 Å². The molecule has 1 saturated heterocycles. The summed E-state index contributed by atoms with van der Waals surface area (Å²) >= 11 is 12.0. The molecule has 1 fully saturated rings. The van der Waals surface area contributed by atoms with Crippen molar-refractivity contribution in [3.05, 3.63) is 101 Å². The Balaban J connectivity index is 1.57. The van der Waals surface area contributed by atoms with Crippen LogP contribution in [0.1, 0.15) is 29.1 Å². The Kier molecular flexibility index (Phi) is 6.46. The standard InChI is InChI=1S/C26H23ClN4O3S2/c1-16-6-7-17(27)15-20(16)22-12-13-23(34-22)25-24(21-5-3-4-14-28-21)29-26(35)31(25)19-10-8-18(9-11-19)30-36(2,32)33/h3-15,24-25,30H,1-2H3,(H,29,35). The summed E-state index contributed by atoms with van der Waals surface area (Å²) in [4.78, 5) is 6.52. The minimum Gasteiger partial charge on any atom is -0.459 e. The quantitative estimate of drug-likeness (QED) is 0.298. The van der Waals surface area contributed by atoms with Crippen molar-refractivity contribution in [3.63, 3.8) is 0 Å². The van der Waals surface area contributed by atoms with E-state index >= 15 is 0 Å². The summed E-state index contributed by atoms with van der Waals surface area (Å²) in [6.07, 6.45) is 2.86. The number of nitrogens with zero attached hydrogens (tertiary/aromatic N) is 2. The van der Waals surface area contributed by atoms with Gasteiger partial charge in [-0.25, -0.2) is 8.42 Å². The second-order valence-corrected chi connectivity index (χ2v) is 11.2. The molecule has 0 bridgehead atoms. The van der Waals surface area contributed by atoms with Gasteiger partial charge in [-0.05, 0) is 85.4 Å². The highest BCUT2D eigenvalue weighted by atomic mass is 35.5. The summed E-state index contributed by atoms with van der Waals surface area (Å²) in [7, 11) is -3.38. The first kappa shape index (κ1) is 24.3.